The fourth-order valence-electron chi connectivity index (χ4n) is 5.04. The molecule has 2 saturated heterocycles. The quantitative estimate of drug-likeness (QED) is 0.568. The summed E-state index contributed by atoms with van der Waals surface area (Å²) in [7, 11) is 1.74. The average Bonchev–Trinajstić information content (AvgIpc) is 3.46. The monoisotopic (exact) mass is 486 g/mol. The van der Waals surface area contributed by atoms with Crippen molar-refractivity contribution < 1.29 is 23.1 Å². The van der Waals surface area contributed by atoms with Crippen LogP contribution in [-0.4, -0.2) is 48.9 Å². The molecule has 5 heterocycles. The number of aliphatic hydroxyl groups is 1. The van der Waals surface area contributed by atoms with Crippen molar-refractivity contribution in [2.45, 2.75) is 44.5 Å². The van der Waals surface area contributed by atoms with Gasteiger partial charge in [0, 0.05) is 36.8 Å². The average molecular weight is 486 g/mol. The molecule has 6 rings (SSSR count). The Bertz CT molecular complexity index is 1290. The lowest BCUT2D eigenvalue weighted by Crippen LogP contribution is -2.50. The van der Waals surface area contributed by atoms with Crippen LogP contribution < -0.4 is 10.2 Å². The number of alkyl halides is 3. The lowest BCUT2D eigenvalue weighted by atomic mass is 9.61. The summed E-state index contributed by atoms with van der Waals surface area (Å²) in [6.07, 6.45) is 1.24. The van der Waals surface area contributed by atoms with Gasteiger partial charge in [-0.15, -0.1) is 0 Å². The van der Waals surface area contributed by atoms with Gasteiger partial charge in [-0.05, 0) is 44.9 Å². The highest BCUT2D eigenvalue weighted by Gasteiger charge is 2.61. The first-order valence-electron chi connectivity index (χ1n) is 11.2. The molecular formula is C24H25F3N6O2. The van der Waals surface area contributed by atoms with Gasteiger partial charge in [0.25, 0.3) is 5.91 Å². The summed E-state index contributed by atoms with van der Waals surface area (Å²) in [4.78, 5) is 22.9. The second-order valence-corrected chi connectivity index (χ2v) is 9.88. The number of nitrogens with zero attached hydrogens (tertiary/aromatic N) is 5. The summed E-state index contributed by atoms with van der Waals surface area (Å²) in [5, 5.41) is 17.0. The van der Waals surface area contributed by atoms with Crippen LogP contribution in [0.5, 0.6) is 0 Å². The Morgan fingerprint density at radius 3 is 2.57 bits per heavy atom. The molecule has 35 heavy (non-hydrogen) atoms. The van der Waals surface area contributed by atoms with Crippen LogP contribution >= 0.6 is 0 Å². The minimum Gasteiger partial charge on any atom is -0.390 e. The van der Waals surface area contributed by atoms with E-state index in [-0.39, 0.29) is 17.2 Å². The molecule has 0 aromatic carbocycles. The zero-order valence-corrected chi connectivity index (χ0v) is 19.5. The van der Waals surface area contributed by atoms with Gasteiger partial charge < -0.3 is 15.3 Å². The number of aryl methyl sites for hydroxylation is 1. The fourth-order valence-corrected chi connectivity index (χ4v) is 5.04. The molecule has 2 aliphatic heterocycles. The molecule has 184 valence electrons. The van der Waals surface area contributed by atoms with Crippen molar-refractivity contribution in [2.75, 3.05) is 16.8 Å². The van der Waals surface area contributed by atoms with Gasteiger partial charge >= 0.3 is 6.18 Å². The highest BCUT2D eigenvalue weighted by molar-refractivity contribution is 6.03. The van der Waals surface area contributed by atoms with Crippen LogP contribution in [0.15, 0.2) is 42.9 Å². The van der Waals surface area contributed by atoms with Gasteiger partial charge in [0.15, 0.2) is 5.69 Å². The summed E-state index contributed by atoms with van der Waals surface area (Å²) in [6, 6.07) is 6.15. The van der Waals surface area contributed by atoms with Crippen LogP contribution in [0, 0.1) is 5.41 Å². The standard InChI is InChI=1S/C24H25F3N6O2/c1-22(2,35)23-8-16(9-23)33(13-23)15-7-19(20(28-11-15)24(25,26)27)31-21(34)18-6-4-5-17(30-18)14-10-29-32(3)12-14/h4-7,10-12,16,35H,8-9,13H2,1-3H3,(H,31,34). The predicted molar refractivity (Wildman–Crippen MR) is 123 cm³/mol. The van der Waals surface area contributed by atoms with Crippen molar-refractivity contribution in [1.29, 1.82) is 0 Å². The van der Waals surface area contributed by atoms with E-state index < -0.39 is 29.1 Å². The maximum Gasteiger partial charge on any atom is 0.435 e. The Kier molecular flexibility index (Phi) is 5.17. The van der Waals surface area contributed by atoms with Crippen LogP contribution in [0.2, 0.25) is 0 Å². The minimum absolute atomic E-state index is 0.0331. The van der Waals surface area contributed by atoms with E-state index in [1.54, 1.807) is 50.1 Å². The van der Waals surface area contributed by atoms with Crippen molar-refractivity contribution in [3.05, 3.63) is 54.2 Å². The van der Waals surface area contributed by atoms with Crippen LogP contribution in [0.3, 0.4) is 0 Å². The van der Waals surface area contributed by atoms with Crippen LogP contribution in [0.4, 0.5) is 24.5 Å². The lowest BCUT2D eigenvalue weighted by molar-refractivity contribution is -0.140. The Labute approximate surface area is 199 Å². The van der Waals surface area contributed by atoms with E-state index in [1.165, 1.54) is 18.3 Å². The lowest BCUT2D eigenvalue weighted by Gasteiger charge is -2.45. The highest BCUT2D eigenvalue weighted by Crippen LogP contribution is 2.58. The SMILES string of the molecule is Cn1cc(-c2cccc(C(=O)Nc3cc(N4CC5(C(C)(C)O)CC4C5)cnc3C(F)(F)F)n2)cn1. The Morgan fingerprint density at radius 2 is 1.97 bits per heavy atom. The van der Waals surface area contributed by atoms with Gasteiger partial charge in [0.2, 0.25) is 0 Å². The number of fused-ring (bicyclic) bond motifs is 1. The first-order chi connectivity index (χ1) is 16.4. The molecule has 1 amide bonds. The maximum absolute atomic E-state index is 13.7. The fraction of sp³-hybridized carbons (Fsp3) is 0.417. The third kappa shape index (κ3) is 4.03. The van der Waals surface area contributed by atoms with Gasteiger partial charge in [0.1, 0.15) is 5.69 Å². The summed E-state index contributed by atoms with van der Waals surface area (Å²) in [6.45, 7) is 4.03. The normalized spacial score (nSPS) is 21.7. The van der Waals surface area contributed by atoms with E-state index in [1.807, 2.05) is 4.90 Å². The molecule has 1 aliphatic carbocycles. The van der Waals surface area contributed by atoms with Gasteiger partial charge in [-0.25, -0.2) is 9.97 Å². The van der Waals surface area contributed by atoms with Crippen molar-refractivity contribution in [3.63, 3.8) is 0 Å². The number of halogens is 3. The molecule has 3 aliphatic rings. The number of hydrogen-bond donors (Lipinski definition) is 2. The number of hydrogen-bond acceptors (Lipinski definition) is 6. The zero-order valence-electron chi connectivity index (χ0n) is 19.5. The molecule has 0 radical (unpaired) electrons. The summed E-state index contributed by atoms with van der Waals surface area (Å²) < 4.78 is 42.7. The maximum atomic E-state index is 13.7. The number of aromatic nitrogens is 4. The van der Waals surface area contributed by atoms with E-state index in [0.29, 0.717) is 23.5 Å². The number of nitrogens with one attached hydrogen (secondary N) is 1. The number of carbonyl (C=O) groups is 1. The molecular weight excluding hydrogens is 461 g/mol. The second-order valence-electron chi connectivity index (χ2n) is 9.88. The first kappa shape index (κ1) is 23.3. The van der Waals surface area contributed by atoms with Gasteiger partial charge in [-0.1, -0.05) is 6.07 Å². The molecule has 0 atom stereocenters. The summed E-state index contributed by atoms with van der Waals surface area (Å²) in [5.74, 6) is -0.779. The molecule has 0 spiro atoms. The van der Waals surface area contributed by atoms with Crippen LogP contribution in [0.25, 0.3) is 11.3 Å². The van der Waals surface area contributed by atoms with E-state index in [9.17, 15) is 23.1 Å². The molecule has 3 aromatic heterocycles. The molecule has 8 nitrogen and oxygen atoms in total. The molecule has 1 saturated carbocycles. The molecule has 0 unspecified atom stereocenters. The number of rotatable bonds is 5. The number of pyridine rings is 2. The van der Waals surface area contributed by atoms with E-state index in [4.69, 9.17) is 0 Å². The van der Waals surface area contributed by atoms with Gasteiger partial charge in [-0.3, -0.25) is 9.48 Å². The third-order valence-corrected chi connectivity index (χ3v) is 7.17. The third-order valence-electron chi connectivity index (χ3n) is 7.17. The van der Waals surface area contributed by atoms with Gasteiger partial charge in [0.05, 0.1) is 35.1 Å². The van der Waals surface area contributed by atoms with E-state index in [2.05, 4.69) is 20.4 Å². The molecule has 11 heteroatoms. The highest BCUT2D eigenvalue weighted by atomic mass is 19.4. The summed E-state index contributed by atoms with van der Waals surface area (Å²) in [5.41, 5.74) is -1.23. The predicted octanol–water partition coefficient (Wildman–Crippen LogP) is 3.89. The minimum atomic E-state index is -4.76. The van der Waals surface area contributed by atoms with E-state index >= 15 is 0 Å². The van der Waals surface area contributed by atoms with Crippen molar-refractivity contribution in [2.24, 2.45) is 12.5 Å². The largest absolute Gasteiger partial charge is 0.435 e. The number of anilines is 2. The summed E-state index contributed by atoms with van der Waals surface area (Å²) >= 11 is 0. The van der Waals surface area contributed by atoms with Crippen molar-refractivity contribution in [3.8, 4) is 11.3 Å². The Morgan fingerprint density at radius 1 is 1.23 bits per heavy atom. The smallest absolute Gasteiger partial charge is 0.390 e. The first-order valence-corrected chi connectivity index (χ1v) is 11.2. The zero-order chi connectivity index (χ0) is 25.2. The molecule has 3 aromatic rings. The molecule has 2 bridgehead atoms. The van der Waals surface area contributed by atoms with Gasteiger partial charge in [-0.2, -0.15) is 18.3 Å². The van der Waals surface area contributed by atoms with E-state index in [0.717, 1.165) is 12.8 Å². The Hall–Kier alpha value is -3.47. The number of carbonyl (C=O) groups excluding carboxylic acids is 1. The van der Waals surface area contributed by atoms with Crippen molar-refractivity contribution >= 4 is 17.3 Å². The number of amides is 1. The molecule has 3 fully saturated rings. The van der Waals surface area contributed by atoms with Crippen LogP contribution in [0.1, 0.15) is 42.9 Å². The second kappa shape index (κ2) is 7.77. The topological polar surface area (TPSA) is 96.2 Å². The van der Waals surface area contributed by atoms with Crippen LogP contribution in [-0.2, 0) is 13.2 Å². The van der Waals surface area contributed by atoms with Crippen molar-refractivity contribution in [1.82, 2.24) is 19.7 Å². The molecule has 2 N–H and O–H groups in total. The Balaban J connectivity index is 1.44.